The first-order valence-corrected chi connectivity index (χ1v) is 6.52. The Balaban J connectivity index is 2.83. The van der Waals surface area contributed by atoms with Crippen LogP contribution in [0, 0.1) is 13.8 Å². The van der Waals surface area contributed by atoms with E-state index in [1.165, 1.54) is 11.3 Å². The van der Waals surface area contributed by atoms with Gasteiger partial charge in [0.05, 0.1) is 5.56 Å². The van der Waals surface area contributed by atoms with Crippen LogP contribution in [0.3, 0.4) is 0 Å². The summed E-state index contributed by atoms with van der Waals surface area (Å²) in [6.07, 6.45) is 0. The van der Waals surface area contributed by atoms with E-state index >= 15 is 0 Å². The molecule has 0 amide bonds. The second-order valence-electron chi connectivity index (χ2n) is 3.84. The van der Waals surface area contributed by atoms with Gasteiger partial charge in [-0.1, -0.05) is 24.3 Å². The number of hydrogen-bond donors (Lipinski definition) is 1. The molecule has 2 aromatic heterocycles. The van der Waals surface area contributed by atoms with Crippen molar-refractivity contribution in [3.63, 3.8) is 0 Å². The summed E-state index contributed by atoms with van der Waals surface area (Å²) < 4.78 is 1.74. The SMILES string of the molecule is Cc1nnc(C)n1-c1sccccccc1C(=O)O. The van der Waals surface area contributed by atoms with Crippen LogP contribution >= 0.6 is 11.3 Å². The number of carbonyl (C=O) groups is 1. The van der Waals surface area contributed by atoms with E-state index in [0.29, 0.717) is 16.6 Å². The van der Waals surface area contributed by atoms with Gasteiger partial charge in [-0.15, -0.1) is 21.5 Å². The Hall–Kier alpha value is -2.21. The second kappa shape index (κ2) is 5.62. The highest BCUT2D eigenvalue weighted by Gasteiger charge is 2.14. The zero-order valence-electron chi connectivity index (χ0n) is 10.6. The summed E-state index contributed by atoms with van der Waals surface area (Å²) in [4.78, 5) is 11.4. The van der Waals surface area contributed by atoms with E-state index in [1.807, 2.05) is 17.5 Å². The fourth-order valence-corrected chi connectivity index (χ4v) is 2.61. The van der Waals surface area contributed by atoms with Crippen LogP contribution in [0.1, 0.15) is 22.0 Å². The number of carboxylic acid groups (broad SMARTS) is 1. The van der Waals surface area contributed by atoms with Crippen molar-refractivity contribution in [1.82, 2.24) is 14.8 Å². The molecule has 0 aromatic carbocycles. The molecule has 1 N–H and O–H groups in total. The van der Waals surface area contributed by atoms with Crippen molar-refractivity contribution in [2.75, 3.05) is 0 Å². The molecule has 98 valence electrons. The lowest BCUT2D eigenvalue weighted by molar-refractivity contribution is 0.0697. The molecule has 0 unspecified atom stereocenters. The van der Waals surface area contributed by atoms with Gasteiger partial charge < -0.3 is 5.11 Å². The lowest BCUT2D eigenvalue weighted by Crippen LogP contribution is -2.05. The van der Waals surface area contributed by atoms with Crippen LogP contribution in [0.5, 0.6) is 0 Å². The first-order chi connectivity index (χ1) is 9.11. The van der Waals surface area contributed by atoms with Crippen molar-refractivity contribution in [2.24, 2.45) is 0 Å². The topological polar surface area (TPSA) is 68.0 Å². The van der Waals surface area contributed by atoms with Gasteiger partial charge in [0, 0.05) is 0 Å². The first kappa shape index (κ1) is 13.2. The number of aromatic carboxylic acids is 1. The van der Waals surface area contributed by atoms with E-state index in [2.05, 4.69) is 10.2 Å². The Morgan fingerprint density at radius 1 is 1.16 bits per heavy atom. The second-order valence-corrected chi connectivity index (χ2v) is 4.74. The number of carboxylic acids is 1. The number of aromatic nitrogens is 3. The van der Waals surface area contributed by atoms with Crippen molar-refractivity contribution in [3.05, 3.63) is 52.9 Å². The number of nitrogens with zero attached hydrogens (tertiary/aromatic N) is 3. The van der Waals surface area contributed by atoms with Crippen molar-refractivity contribution in [2.45, 2.75) is 13.8 Å². The maximum atomic E-state index is 11.4. The molecule has 0 fully saturated rings. The van der Waals surface area contributed by atoms with Crippen molar-refractivity contribution in [3.8, 4) is 5.00 Å². The molecule has 6 heteroatoms. The zero-order chi connectivity index (χ0) is 13.8. The summed E-state index contributed by atoms with van der Waals surface area (Å²) in [7, 11) is 0. The third-order valence-electron chi connectivity index (χ3n) is 2.51. The van der Waals surface area contributed by atoms with Gasteiger partial charge in [0.15, 0.2) is 0 Å². The fourth-order valence-electron chi connectivity index (χ4n) is 1.66. The van der Waals surface area contributed by atoms with E-state index < -0.39 is 5.97 Å². The van der Waals surface area contributed by atoms with Gasteiger partial charge in [-0.2, -0.15) is 0 Å². The summed E-state index contributed by atoms with van der Waals surface area (Å²) in [5.41, 5.74) is 0.215. The number of hydrogen-bond acceptors (Lipinski definition) is 4. The van der Waals surface area contributed by atoms with Crippen LogP contribution in [0.15, 0.2) is 35.7 Å². The Morgan fingerprint density at radius 3 is 2.42 bits per heavy atom. The maximum absolute atomic E-state index is 11.4. The highest BCUT2D eigenvalue weighted by atomic mass is 32.1. The standard InChI is InChI=1S/C13H13N3O2S/c1-9-14-15-10(2)16(9)12-11(13(17)18)7-5-3-4-6-8-19-12/h3-8H,1-2H3,(H,17,18). The summed E-state index contributed by atoms with van der Waals surface area (Å²) in [5, 5.41) is 19.7. The third kappa shape index (κ3) is 2.79. The van der Waals surface area contributed by atoms with Gasteiger partial charge >= 0.3 is 5.97 Å². The quantitative estimate of drug-likeness (QED) is 0.915. The van der Waals surface area contributed by atoms with Gasteiger partial charge in [-0.3, -0.25) is 4.57 Å². The normalized spacial score (nSPS) is 10.0. The molecule has 2 rings (SSSR count). The monoisotopic (exact) mass is 275 g/mol. The van der Waals surface area contributed by atoms with Crippen LogP contribution in [-0.4, -0.2) is 25.8 Å². The zero-order valence-corrected chi connectivity index (χ0v) is 11.4. The predicted molar refractivity (Wildman–Crippen MR) is 73.3 cm³/mol. The summed E-state index contributed by atoms with van der Waals surface area (Å²) >= 11 is 1.33. The van der Waals surface area contributed by atoms with Gasteiger partial charge in [0.25, 0.3) is 0 Å². The number of rotatable bonds is 2. The van der Waals surface area contributed by atoms with Gasteiger partial charge in [0.2, 0.25) is 0 Å². The van der Waals surface area contributed by atoms with Gasteiger partial charge in [-0.25, -0.2) is 4.79 Å². The van der Waals surface area contributed by atoms with Crippen molar-refractivity contribution >= 4 is 17.3 Å². The average Bonchev–Trinajstić information content (AvgIpc) is 2.74. The molecule has 19 heavy (non-hydrogen) atoms. The van der Waals surface area contributed by atoms with Crippen molar-refractivity contribution in [1.29, 1.82) is 0 Å². The lowest BCUT2D eigenvalue weighted by Gasteiger charge is -2.06. The molecule has 0 aliphatic heterocycles. The Kier molecular flexibility index (Phi) is 3.91. The molecule has 0 aliphatic carbocycles. The molecular weight excluding hydrogens is 262 g/mol. The minimum atomic E-state index is -0.977. The molecule has 0 spiro atoms. The maximum Gasteiger partial charge on any atom is 0.338 e. The van der Waals surface area contributed by atoms with Crippen LogP contribution in [-0.2, 0) is 0 Å². The van der Waals surface area contributed by atoms with E-state index in [-0.39, 0.29) is 5.56 Å². The van der Waals surface area contributed by atoms with Crippen LogP contribution in [0.25, 0.3) is 5.00 Å². The van der Waals surface area contributed by atoms with E-state index in [0.717, 1.165) is 0 Å². The summed E-state index contributed by atoms with van der Waals surface area (Å²) in [6, 6.07) is 8.77. The minimum Gasteiger partial charge on any atom is -0.478 e. The van der Waals surface area contributed by atoms with E-state index in [9.17, 15) is 9.90 Å². The molecule has 0 atom stereocenters. The molecule has 0 radical (unpaired) electrons. The summed E-state index contributed by atoms with van der Waals surface area (Å²) in [6.45, 7) is 3.59. The van der Waals surface area contributed by atoms with Gasteiger partial charge in [0.1, 0.15) is 16.6 Å². The molecular formula is C13H13N3O2S. The summed E-state index contributed by atoms with van der Waals surface area (Å²) in [5.74, 6) is 0.343. The molecule has 0 saturated carbocycles. The smallest absolute Gasteiger partial charge is 0.338 e. The van der Waals surface area contributed by atoms with Crippen LogP contribution in [0.4, 0.5) is 0 Å². The lowest BCUT2D eigenvalue weighted by atomic mass is 10.3. The van der Waals surface area contributed by atoms with Gasteiger partial charge in [-0.05, 0) is 25.3 Å². The van der Waals surface area contributed by atoms with Crippen LogP contribution < -0.4 is 0 Å². The highest BCUT2D eigenvalue weighted by molar-refractivity contribution is 7.12. The molecule has 0 saturated heterocycles. The Labute approximate surface area is 114 Å². The molecule has 2 aromatic rings. The first-order valence-electron chi connectivity index (χ1n) is 5.64. The third-order valence-corrected chi connectivity index (χ3v) is 3.42. The van der Waals surface area contributed by atoms with Crippen LogP contribution in [0.2, 0.25) is 0 Å². The Bertz CT molecular complexity index is 640. The average molecular weight is 275 g/mol. The van der Waals surface area contributed by atoms with E-state index in [4.69, 9.17) is 0 Å². The van der Waals surface area contributed by atoms with Crippen molar-refractivity contribution < 1.29 is 9.90 Å². The highest BCUT2D eigenvalue weighted by Crippen LogP contribution is 2.20. The Morgan fingerprint density at radius 2 is 1.79 bits per heavy atom. The molecule has 2 heterocycles. The predicted octanol–water partition coefficient (Wildman–Crippen LogP) is 2.77. The molecule has 5 nitrogen and oxygen atoms in total. The fraction of sp³-hybridized carbons (Fsp3) is 0.154. The molecule has 0 aliphatic rings. The minimum absolute atomic E-state index is 0.215. The van der Waals surface area contributed by atoms with E-state index in [1.54, 1.807) is 36.6 Å². The number of aryl methyl sites for hydroxylation is 2. The molecule has 0 bridgehead atoms. The largest absolute Gasteiger partial charge is 0.478 e.